The van der Waals surface area contributed by atoms with Gasteiger partial charge < -0.3 is 0 Å². The smallest absolute Gasteiger partial charge is 0.269 e. The summed E-state index contributed by atoms with van der Waals surface area (Å²) < 4.78 is 54.7. The average Bonchev–Trinajstić information content (AvgIpc) is 2.99. The summed E-state index contributed by atoms with van der Waals surface area (Å²) >= 11 is 0. The number of nitrogens with zero attached hydrogens (tertiary/aromatic N) is 3. The highest BCUT2D eigenvalue weighted by molar-refractivity contribution is 7.93. The minimum absolute atomic E-state index is 0.0154. The van der Waals surface area contributed by atoms with E-state index in [1.165, 1.54) is 22.7 Å². The van der Waals surface area contributed by atoms with Crippen LogP contribution < -0.4 is 4.31 Å². The summed E-state index contributed by atoms with van der Waals surface area (Å²) in [4.78, 5) is 0. The van der Waals surface area contributed by atoms with E-state index in [1.54, 1.807) is 0 Å². The topological polar surface area (TPSA) is 78.0 Å². The molecule has 1 aromatic rings. The van der Waals surface area contributed by atoms with Crippen LogP contribution in [0.5, 0.6) is 0 Å². The zero-order chi connectivity index (χ0) is 17.5. The normalized spacial score (nSPS) is 22.8. The summed E-state index contributed by atoms with van der Waals surface area (Å²) in [5.41, 5.74) is 1.75. The van der Waals surface area contributed by atoms with E-state index in [4.69, 9.17) is 0 Å². The highest BCUT2D eigenvalue weighted by Gasteiger charge is 2.41. The molecule has 2 heterocycles. The van der Waals surface area contributed by atoms with E-state index in [-0.39, 0.29) is 6.54 Å². The Morgan fingerprint density at radius 2 is 1.79 bits per heavy atom. The predicted octanol–water partition coefficient (Wildman–Crippen LogP) is 0.650. The predicted molar refractivity (Wildman–Crippen MR) is 93.6 cm³/mol. The molecule has 0 aromatic heterocycles. The minimum Gasteiger partial charge on any atom is -0.269 e. The molecule has 0 saturated carbocycles. The van der Waals surface area contributed by atoms with Gasteiger partial charge in [-0.05, 0) is 30.9 Å². The third-order valence-corrected chi connectivity index (χ3v) is 8.83. The van der Waals surface area contributed by atoms with Gasteiger partial charge >= 0.3 is 0 Å². The number of anilines is 1. The monoisotopic (exact) mass is 373 g/mol. The van der Waals surface area contributed by atoms with Crippen LogP contribution in [0.15, 0.2) is 24.3 Å². The number of hydrogen-bond acceptors (Lipinski definition) is 4. The van der Waals surface area contributed by atoms with E-state index in [9.17, 15) is 16.8 Å². The Kier molecular flexibility index (Phi) is 4.63. The van der Waals surface area contributed by atoms with Crippen LogP contribution >= 0.6 is 0 Å². The van der Waals surface area contributed by atoms with Crippen molar-refractivity contribution in [1.29, 1.82) is 0 Å². The fourth-order valence-corrected chi connectivity index (χ4v) is 6.62. The van der Waals surface area contributed by atoms with Crippen molar-refractivity contribution in [2.45, 2.75) is 24.5 Å². The molecule has 2 aliphatic heterocycles. The number of piperidine rings is 1. The lowest BCUT2D eigenvalue weighted by Crippen LogP contribution is -2.51. The first kappa shape index (κ1) is 17.7. The number of benzene rings is 1. The molecule has 0 radical (unpaired) electrons. The molecular weight excluding hydrogens is 350 g/mol. The van der Waals surface area contributed by atoms with Crippen molar-refractivity contribution in [3.05, 3.63) is 29.8 Å². The molecule has 1 fully saturated rings. The van der Waals surface area contributed by atoms with Gasteiger partial charge in [-0.2, -0.15) is 17.0 Å². The molecule has 7 nitrogen and oxygen atoms in total. The Balaban J connectivity index is 1.86. The lowest BCUT2D eigenvalue weighted by atomic mass is 10.2. The van der Waals surface area contributed by atoms with Crippen LogP contribution in [0.25, 0.3) is 0 Å². The quantitative estimate of drug-likeness (QED) is 0.776. The third-order valence-electron chi connectivity index (χ3n) is 4.70. The minimum atomic E-state index is -3.59. The fraction of sp³-hybridized carbons (Fsp3) is 0.600. The highest BCUT2D eigenvalue weighted by atomic mass is 32.2. The maximum absolute atomic E-state index is 13.1. The van der Waals surface area contributed by atoms with E-state index in [1.807, 2.05) is 24.3 Å². The second-order valence-corrected chi connectivity index (χ2v) is 10.7. The van der Waals surface area contributed by atoms with Gasteiger partial charge in [0.05, 0.1) is 10.9 Å². The molecule has 134 valence electrons. The highest BCUT2D eigenvalue weighted by Crippen LogP contribution is 2.33. The number of rotatable bonds is 4. The molecule has 2 aliphatic rings. The summed E-state index contributed by atoms with van der Waals surface area (Å²) in [7, 11) is -4.25. The molecule has 0 unspecified atom stereocenters. The largest absolute Gasteiger partial charge is 0.281 e. The molecule has 0 bridgehead atoms. The first-order chi connectivity index (χ1) is 11.2. The van der Waals surface area contributed by atoms with Crippen LogP contribution in [0.1, 0.15) is 18.4 Å². The van der Waals surface area contributed by atoms with Crippen molar-refractivity contribution >= 4 is 25.9 Å². The fourth-order valence-electron chi connectivity index (χ4n) is 3.34. The molecule has 24 heavy (non-hydrogen) atoms. The third kappa shape index (κ3) is 2.94. The summed E-state index contributed by atoms with van der Waals surface area (Å²) in [6.07, 6.45) is 1.73. The molecule has 1 atom stereocenters. The first-order valence-corrected chi connectivity index (χ1v) is 10.9. The van der Waals surface area contributed by atoms with Crippen LogP contribution in [0.2, 0.25) is 0 Å². The van der Waals surface area contributed by atoms with Crippen LogP contribution in [0.3, 0.4) is 0 Å². The molecule has 0 aliphatic carbocycles. The first-order valence-electron chi connectivity index (χ1n) is 8.01. The number of hydrogen-bond donors (Lipinski definition) is 0. The molecule has 1 aromatic carbocycles. The number of fused-ring (bicyclic) bond motifs is 1. The summed E-state index contributed by atoms with van der Waals surface area (Å²) in [5.74, 6) is 0. The molecular formula is C15H23N3O4S2. The van der Waals surface area contributed by atoms with E-state index in [2.05, 4.69) is 0 Å². The van der Waals surface area contributed by atoms with Gasteiger partial charge in [0.2, 0.25) is 10.0 Å². The van der Waals surface area contributed by atoms with Gasteiger partial charge in [-0.3, -0.25) is 4.31 Å². The van der Waals surface area contributed by atoms with Gasteiger partial charge in [-0.15, -0.1) is 0 Å². The van der Waals surface area contributed by atoms with E-state index in [0.29, 0.717) is 32.4 Å². The maximum Gasteiger partial charge on any atom is 0.281 e. The molecule has 0 amide bonds. The Labute approximate surface area is 144 Å². The number of para-hydroxylation sites is 1. The van der Waals surface area contributed by atoms with E-state index < -0.39 is 25.5 Å². The SMILES string of the molecule is CN(C)S(=O)(=O)N1CCC[C@@H](S(=O)(=O)N2CCc3ccccc32)C1. The molecule has 1 saturated heterocycles. The molecule has 3 rings (SSSR count). The van der Waals surface area contributed by atoms with Crippen LogP contribution in [0, 0.1) is 0 Å². The summed E-state index contributed by atoms with van der Waals surface area (Å²) in [6, 6.07) is 7.49. The van der Waals surface area contributed by atoms with E-state index in [0.717, 1.165) is 15.6 Å². The zero-order valence-corrected chi connectivity index (χ0v) is 15.6. The zero-order valence-electron chi connectivity index (χ0n) is 13.9. The van der Waals surface area contributed by atoms with Crippen LogP contribution in [-0.2, 0) is 26.7 Å². The van der Waals surface area contributed by atoms with Crippen LogP contribution in [0.4, 0.5) is 5.69 Å². The Morgan fingerprint density at radius 1 is 1.08 bits per heavy atom. The second kappa shape index (κ2) is 6.29. The standard InChI is InChI=1S/C15H23N3O4S2/c1-16(2)24(21,22)17-10-5-7-14(12-17)23(19,20)18-11-9-13-6-3-4-8-15(13)18/h3-4,6,8,14H,5,7,9-12H2,1-2H3/t14-/m1/s1. The molecule has 0 spiro atoms. The Morgan fingerprint density at radius 3 is 2.50 bits per heavy atom. The second-order valence-electron chi connectivity index (χ2n) is 6.41. The molecule has 9 heteroatoms. The Bertz CT molecular complexity index is 821. The summed E-state index contributed by atoms with van der Waals surface area (Å²) in [5, 5.41) is -0.702. The summed E-state index contributed by atoms with van der Waals surface area (Å²) in [6.45, 7) is 0.809. The average molecular weight is 374 g/mol. The van der Waals surface area contributed by atoms with Gasteiger partial charge in [0, 0.05) is 33.7 Å². The van der Waals surface area contributed by atoms with Crippen molar-refractivity contribution in [3.63, 3.8) is 0 Å². The number of sulfonamides is 1. The Hall–Kier alpha value is -1.16. The maximum atomic E-state index is 13.1. The van der Waals surface area contributed by atoms with Crippen LogP contribution in [-0.4, -0.2) is 64.4 Å². The van der Waals surface area contributed by atoms with Gasteiger partial charge in [0.1, 0.15) is 0 Å². The van der Waals surface area contributed by atoms with Crippen molar-refractivity contribution in [2.75, 3.05) is 38.0 Å². The van der Waals surface area contributed by atoms with Gasteiger partial charge in [-0.1, -0.05) is 18.2 Å². The van der Waals surface area contributed by atoms with Gasteiger partial charge in [0.15, 0.2) is 0 Å². The van der Waals surface area contributed by atoms with Gasteiger partial charge in [-0.25, -0.2) is 8.42 Å². The van der Waals surface area contributed by atoms with Crippen molar-refractivity contribution in [2.24, 2.45) is 0 Å². The van der Waals surface area contributed by atoms with Gasteiger partial charge in [0.25, 0.3) is 10.2 Å². The van der Waals surface area contributed by atoms with Crippen molar-refractivity contribution in [3.8, 4) is 0 Å². The molecule has 0 N–H and O–H groups in total. The van der Waals surface area contributed by atoms with Crippen molar-refractivity contribution < 1.29 is 16.8 Å². The lowest BCUT2D eigenvalue weighted by Gasteiger charge is -2.35. The van der Waals surface area contributed by atoms with Crippen molar-refractivity contribution in [1.82, 2.24) is 8.61 Å². The van der Waals surface area contributed by atoms with E-state index >= 15 is 0 Å². The lowest BCUT2D eigenvalue weighted by molar-refractivity contribution is 0.324.